The highest BCUT2D eigenvalue weighted by Gasteiger charge is 2.36. The predicted octanol–water partition coefficient (Wildman–Crippen LogP) is 2.54. The van der Waals surface area contributed by atoms with E-state index in [2.05, 4.69) is 4.89 Å². The molecule has 0 heterocycles. The SMILES string of the molecule is CC(=O)OC(C)(C)[C@@H]1CC=C(C)[C@@H](OO)C1. The zero-order valence-corrected chi connectivity index (χ0v) is 10.3. The summed E-state index contributed by atoms with van der Waals surface area (Å²) in [5, 5.41) is 8.78. The number of esters is 1. The number of carbonyl (C=O) groups excluding carboxylic acids is 1. The first-order valence-corrected chi connectivity index (χ1v) is 5.53. The molecular formula is C12H20O4. The van der Waals surface area contributed by atoms with Gasteiger partial charge in [0.25, 0.3) is 0 Å². The molecule has 0 aliphatic heterocycles. The highest BCUT2D eigenvalue weighted by molar-refractivity contribution is 5.66. The molecule has 4 nitrogen and oxygen atoms in total. The molecule has 0 spiro atoms. The van der Waals surface area contributed by atoms with Crippen molar-refractivity contribution in [3.63, 3.8) is 0 Å². The maximum absolute atomic E-state index is 11.0. The van der Waals surface area contributed by atoms with Gasteiger partial charge in [0.2, 0.25) is 0 Å². The Hall–Kier alpha value is -0.870. The van der Waals surface area contributed by atoms with Crippen LogP contribution in [0.4, 0.5) is 0 Å². The summed E-state index contributed by atoms with van der Waals surface area (Å²) in [5.74, 6) is -0.116. The predicted molar refractivity (Wildman–Crippen MR) is 59.8 cm³/mol. The molecule has 1 rings (SSSR count). The van der Waals surface area contributed by atoms with Crippen molar-refractivity contribution in [3.8, 4) is 0 Å². The summed E-state index contributed by atoms with van der Waals surface area (Å²) >= 11 is 0. The molecule has 1 aliphatic rings. The van der Waals surface area contributed by atoms with Crippen molar-refractivity contribution < 1.29 is 19.7 Å². The fourth-order valence-corrected chi connectivity index (χ4v) is 2.15. The van der Waals surface area contributed by atoms with Crippen LogP contribution in [0.15, 0.2) is 11.6 Å². The van der Waals surface area contributed by atoms with Crippen LogP contribution >= 0.6 is 0 Å². The standard InChI is InChI=1S/C12H20O4/c1-8-5-6-10(7-11(8)16-14)12(3,4)15-9(2)13/h5,10-11,14H,6-7H2,1-4H3/t10-,11+/m1/s1. The number of ether oxygens (including phenoxy) is 1. The summed E-state index contributed by atoms with van der Waals surface area (Å²) < 4.78 is 5.30. The monoisotopic (exact) mass is 228 g/mol. The fraction of sp³-hybridized carbons (Fsp3) is 0.750. The third kappa shape index (κ3) is 3.06. The van der Waals surface area contributed by atoms with Crippen LogP contribution < -0.4 is 0 Å². The summed E-state index contributed by atoms with van der Waals surface area (Å²) in [4.78, 5) is 15.4. The minimum absolute atomic E-state index is 0.164. The zero-order chi connectivity index (χ0) is 12.3. The molecule has 1 N–H and O–H groups in total. The Kier molecular flexibility index (Phi) is 4.10. The molecule has 4 heteroatoms. The van der Waals surface area contributed by atoms with Crippen molar-refractivity contribution >= 4 is 5.97 Å². The Morgan fingerprint density at radius 3 is 2.69 bits per heavy atom. The van der Waals surface area contributed by atoms with Gasteiger partial charge in [0.05, 0.1) is 0 Å². The first kappa shape index (κ1) is 13.2. The maximum Gasteiger partial charge on any atom is 0.303 e. The molecule has 0 radical (unpaired) electrons. The highest BCUT2D eigenvalue weighted by Crippen LogP contribution is 2.35. The van der Waals surface area contributed by atoms with E-state index in [1.807, 2.05) is 26.8 Å². The molecule has 0 saturated heterocycles. The Bertz CT molecular complexity index is 293. The molecule has 0 aromatic carbocycles. The summed E-state index contributed by atoms with van der Waals surface area (Å²) in [6.45, 7) is 7.12. The lowest BCUT2D eigenvalue weighted by molar-refractivity contribution is -0.275. The van der Waals surface area contributed by atoms with Gasteiger partial charge in [-0.15, -0.1) is 0 Å². The Labute approximate surface area is 96.2 Å². The molecule has 0 amide bonds. The molecule has 0 bridgehead atoms. The molecule has 0 aromatic rings. The summed E-state index contributed by atoms with van der Waals surface area (Å²) in [7, 11) is 0. The number of carbonyl (C=O) groups is 1. The lowest BCUT2D eigenvalue weighted by atomic mass is 9.78. The van der Waals surface area contributed by atoms with Gasteiger partial charge in [-0.3, -0.25) is 10.1 Å². The summed E-state index contributed by atoms with van der Waals surface area (Å²) in [6.07, 6.45) is 3.25. The van der Waals surface area contributed by atoms with Crippen LogP contribution in [0, 0.1) is 5.92 Å². The molecule has 2 atom stereocenters. The summed E-state index contributed by atoms with van der Waals surface area (Å²) in [6, 6.07) is 0. The van der Waals surface area contributed by atoms with E-state index in [0.717, 1.165) is 12.0 Å². The van der Waals surface area contributed by atoms with Gasteiger partial charge >= 0.3 is 5.97 Å². The number of hydrogen-bond acceptors (Lipinski definition) is 4. The average Bonchev–Trinajstić information content (AvgIpc) is 2.16. The topological polar surface area (TPSA) is 55.8 Å². The number of hydrogen-bond donors (Lipinski definition) is 1. The third-order valence-electron chi connectivity index (χ3n) is 3.25. The molecule has 0 unspecified atom stereocenters. The average molecular weight is 228 g/mol. The van der Waals surface area contributed by atoms with Gasteiger partial charge in [-0.1, -0.05) is 6.08 Å². The van der Waals surface area contributed by atoms with Crippen molar-refractivity contribution in [1.29, 1.82) is 0 Å². The summed E-state index contributed by atoms with van der Waals surface area (Å²) in [5.41, 5.74) is 0.497. The number of allylic oxidation sites excluding steroid dienone is 1. The van der Waals surface area contributed by atoms with Gasteiger partial charge in [-0.05, 0) is 39.2 Å². The first-order chi connectivity index (χ1) is 7.36. The van der Waals surface area contributed by atoms with Gasteiger partial charge in [-0.2, -0.15) is 0 Å². The van der Waals surface area contributed by atoms with Crippen molar-refractivity contribution in [2.75, 3.05) is 0 Å². The quantitative estimate of drug-likeness (QED) is 0.349. The van der Waals surface area contributed by atoms with Crippen molar-refractivity contribution in [2.45, 2.75) is 52.2 Å². The van der Waals surface area contributed by atoms with Crippen LogP contribution in [0.2, 0.25) is 0 Å². The third-order valence-corrected chi connectivity index (χ3v) is 3.25. The number of rotatable bonds is 3. The largest absolute Gasteiger partial charge is 0.460 e. The molecule has 16 heavy (non-hydrogen) atoms. The van der Waals surface area contributed by atoms with E-state index in [9.17, 15) is 4.79 Å². The van der Waals surface area contributed by atoms with Crippen LogP contribution in [0.25, 0.3) is 0 Å². The van der Waals surface area contributed by atoms with E-state index < -0.39 is 5.60 Å². The Morgan fingerprint density at radius 2 is 2.19 bits per heavy atom. The van der Waals surface area contributed by atoms with E-state index in [0.29, 0.717) is 6.42 Å². The Balaban J connectivity index is 2.72. The van der Waals surface area contributed by atoms with Crippen LogP contribution in [-0.2, 0) is 14.4 Å². The highest BCUT2D eigenvalue weighted by atomic mass is 17.1. The second-order valence-corrected chi connectivity index (χ2v) is 4.91. The molecule has 0 fully saturated rings. The normalized spacial score (nSPS) is 26.2. The van der Waals surface area contributed by atoms with E-state index in [1.165, 1.54) is 6.92 Å². The van der Waals surface area contributed by atoms with Crippen LogP contribution in [-0.4, -0.2) is 22.9 Å². The lowest BCUT2D eigenvalue weighted by Gasteiger charge is -2.37. The minimum Gasteiger partial charge on any atom is -0.460 e. The first-order valence-electron chi connectivity index (χ1n) is 5.53. The molecule has 0 aromatic heterocycles. The minimum atomic E-state index is -0.528. The van der Waals surface area contributed by atoms with E-state index in [-0.39, 0.29) is 18.0 Å². The second kappa shape index (κ2) is 4.97. The maximum atomic E-state index is 11.0. The second-order valence-electron chi connectivity index (χ2n) is 4.91. The fourth-order valence-electron chi connectivity index (χ4n) is 2.15. The van der Waals surface area contributed by atoms with Crippen molar-refractivity contribution in [3.05, 3.63) is 11.6 Å². The van der Waals surface area contributed by atoms with E-state index >= 15 is 0 Å². The van der Waals surface area contributed by atoms with Gasteiger partial charge in [0.15, 0.2) is 0 Å². The van der Waals surface area contributed by atoms with Gasteiger partial charge in [0.1, 0.15) is 11.7 Å². The van der Waals surface area contributed by atoms with E-state index in [4.69, 9.17) is 9.99 Å². The molecule has 0 saturated carbocycles. The smallest absolute Gasteiger partial charge is 0.303 e. The van der Waals surface area contributed by atoms with Crippen LogP contribution in [0.1, 0.15) is 40.5 Å². The van der Waals surface area contributed by atoms with Gasteiger partial charge in [0, 0.05) is 12.8 Å². The molecule has 1 aliphatic carbocycles. The van der Waals surface area contributed by atoms with Crippen LogP contribution in [0.3, 0.4) is 0 Å². The van der Waals surface area contributed by atoms with Crippen LogP contribution in [0.5, 0.6) is 0 Å². The van der Waals surface area contributed by atoms with Gasteiger partial charge < -0.3 is 4.74 Å². The Morgan fingerprint density at radius 1 is 1.56 bits per heavy atom. The molecular weight excluding hydrogens is 208 g/mol. The van der Waals surface area contributed by atoms with Crippen molar-refractivity contribution in [2.24, 2.45) is 5.92 Å². The zero-order valence-electron chi connectivity index (χ0n) is 10.3. The van der Waals surface area contributed by atoms with Gasteiger partial charge in [-0.25, -0.2) is 4.89 Å². The lowest BCUT2D eigenvalue weighted by Crippen LogP contribution is -2.40. The molecule has 92 valence electrons. The van der Waals surface area contributed by atoms with E-state index in [1.54, 1.807) is 0 Å². The van der Waals surface area contributed by atoms with Crippen molar-refractivity contribution in [1.82, 2.24) is 0 Å².